The van der Waals surface area contributed by atoms with Crippen molar-refractivity contribution >= 4 is 13.1 Å². The Morgan fingerprint density at radius 2 is 2.25 bits per heavy atom. The zero-order chi connectivity index (χ0) is 6.20. The molecule has 46 valence electrons. The molecule has 1 heterocycles. The summed E-state index contributed by atoms with van der Waals surface area (Å²) in [6.07, 6.45) is 0. The molecule has 0 aromatic heterocycles. The van der Waals surface area contributed by atoms with Crippen LogP contribution in [0, 0.1) is 0 Å². The lowest BCUT2D eigenvalue weighted by molar-refractivity contribution is -0.133. The molecule has 8 heavy (non-hydrogen) atoms. The minimum Gasteiger partial charge on any atom is -0.611 e. The summed E-state index contributed by atoms with van der Waals surface area (Å²) in [5.74, 6) is -1.00. The maximum absolute atomic E-state index is 11.6. The van der Waals surface area contributed by atoms with Crippen molar-refractivity contribution in [2.75, 3.05) is 6.61 Å². The Kier molecular flexibility index (Phi) is 0.970. The van der Waals surface area contributed by atoms with Crippen molar-refractivity contribution in [1.82, 2.24) is 0 Å². The van der Waals surface area contributed by atoms with Gasteiger partial charge in [0.05, 0.1) is 0 Å². The van der Waals surface area contributed by atoms with Gasteiger partial charge in [-0.05, 0) is 0 Å². The van der Waals surface area contributed by atoms with Gasteiger partial charge in [0.2, 0.25) is 0 Å². The number of hydrogen-bond acceptors (Lipinski definition) is 3. The Morgan fingerprint density at radius 3 is 2.38 bits per heavy atom. The molecule has 1 fully saturated rings. The van der Waals surface area contributed by atoms with Crippen LogP contribution in [0.25, 0.3) is 0 Å². The molecule has 0 unspecified atom stereocenters. The molecule has 0 aromatic carbocycles. The minimum absolute atomic E-state index is 0.632. The first-order valence-corrected chi connectivity index (χ1v) is 1.96. The van der Waals surface area contributed by atoms with Crippen LogP contribution in [0.2, 0.25) is 0 Å². The van der Waals surface area contributed by atoms with E-state index in [2.05, 4.69) is 9.31 Å². The van der Waals surface area contributed by atoms with Crippen LogP contribution in [0.5, 0.6) is 0 Å². The topological polar surface area (TPSA) is 35.5 Å². The van der Waals surface area contributed by atoms with Crippen molar-refractivity contribution in [1.29, 1.82) is 0 Å². The average molecular weight is 123 g/mol. The first kappa shape index (κ1) is 5.49. The zero-order valence-corrected chi connectivity index (χ0v) is 3.77. The molecule has 1 aliphatic heterocycles. The number of rotatable bonds is 0. The number of hydrogen-bond donors (Lipinski definition) is 0. The third-order valence-electron chi connectivity index (χ3n) is 0.664. The van der Waals surface area contributed by atoms with E-state index in [1.54, 1.807) is 0 Å². The summed E-state index contributed by atoms with van der Waals surface area (Å²) in [7, 11) is -4.25. The van der Waals surface area contributed by atoms with Crippen LogP contribution in [0.4, 0.5) is 8.63 Å². The average Bonchev–Trinajstić information content (AvgIpc) is 1.82. The highest BCUT2D eigenvalue weighted by Crippen LogP contribution is 2.16. The first-order valence-electron chi connectivity index (χ1n) is 1.96. The highest BCUT2D eigenvalue weighted by Gasteiger charge is 2.38. The predicted molar refractivity (Wildman–Crippen MR) is 20.0 cm³/mol. The SMILES string of the molecule is O=C1CO[B-](F)(F)O1. The molecular weight excluding hydrogens is 121 g/mol. The van der Waals surface area contributed by atoms with E-state index in [1.807, 2.05) is 0 Å². The number of halogens is 2. The Morgan fingerprint density at radius 1 is 1.62 bits per heavy atom. The van der Waals surface area contributed by atoms with Gasteiger partial charge >= 0.3 is 7.11 Å². The van der Waals surface area contributed by atoms with Gasteiger partial charge in [0.25, 0.3) is 5.97 Å². The van der Waals surface area contributed by atoms with Gasteiger partial charge in [-0.25, -0.2) is 0 Å². The molecule has 0 radical (unpaired) electrons. The molecule has 1 rings (SSSR count). The molecule has 0 N–H and O–H groups in total. The normalized spacial score (nSPS) is 25.5. The van der Waals surface area contributed by atoms with E-state index in [0.717, 1.165) is 0 Å². The van der Waals surface area contributed by atoms with Crippen LogP contribution >= 0.6 is 0 Å². The molecule has 0 aromatic rings. The molecule has 0 spiro atoms. The van der Waals surface area contributed by atoms with Crippen LogP contribution in [-0.2, 0) is 14.1 Å². The molecule has 0 aliphatic carbocycles. The second-order valence-corrected chi connectivity index (χ2v) is 1.34. The summed E-state index contributed by atoms with van der Waals surface area (Å²) < 4.78 is 30.2. The van der Waals surface area contributed by atoms with Crippen molar-refractivity contribution in [3.05, 3.63) is 0 Å². The molecule has 0 bridgehead atoms. The van der Waals surface area contributed by atoms with Gasteiger partial charge in [-0.3, -0.25) is 4.79 Å². The highest BCUT2D eigenvalue weighted by molar-refractivity contribution is 6.55. The zero-order valence-electron chi connectivity index (χ0n) is 3.77. The van der Waals surface area contributed by atoms with Crippen molar-refractivity contribution in [3.63, 3.8) is 0 Å². The van der Waals surface area contributed by atoms with Gasteiger partial charge in [0.15, 0.2) is 0 Å². The fraction of sp³-hybridized carbons (Fsp3) is 0.500. The number of carbonyl (C=O) groups is 1. The van der Waals surface area contributed by atoms with Crippen LogP contribution in [-0.4, -0.2) is 19.7 Å². The summed E-state index contributed by atoms with van der Waals surface area (Å²) in [4.78, 5) is 9.85. The van der Waals surface area contributed by atoms with E-state index >= 15 is 0 Å². The minimum atomic E-state index is -4.25. The van der Waals surface area contributed by atoms with Gasteiger partial charge in [-0.2, -0.15) is 0 Å². The molecule has 0 atom stereocenters. The fourth-order valence-electron chi connectivity index (χ4n) is 0.386. The maximum atomic E-state index is 11.6. The van der Waals surface area contributed by atoms with E-state index < -0.39 is 19.7 Å². The molecule has 0 saturated carbocycles. The third kappa shape index (κ3) is 0.947. The van der Waals surface area contributed by atoms with Crippen LogP contribution in [0.1, 0.15) is 0 Å². The van der Waals surface area contributed by atoms with E-state index in [-0.39, 0.29) is 0 Å². The van der Waals surface area contributed by atoms with Gasteiger partial charge < -0.3 is 17.9 Å². The lowest BCUT2D eigenvalue weighted by atomic mass is 10.2. The lowest BCUT2D eigenvalue weighted by Crippen LogP contribution is -2.24. The van der Waals surface area contributed by atoms with E-state index in [1.165, 1.54) is 0 Å². The standard InChI is InChI=1S/C2H2BF2O3/c4-3(5)7-1-2(6)8-3/h1H2/q-1. The van der Waals surface area contributed by atoms with Gasteiger partial charge in [0, 0.05) is 0 Å². The smallest absolute Gasteiger partial charge is 0.611 e. The summed E-state index contributed by atoms with van der Waals surface area (Å²) in [5, 5.41) is 0. The second kappa shape index (κ2) is 1.41. The third-order valence-corrected chi connectivity index (χ3v) is 0.664. The lowest BCUT2D eigenvalue weighted by Gasteiger charge is -2.12. The van der Waals surface area contributed by atoms with E-state index in [4.69, 9.17) is 0 Å². The first-order chi connectivity index (χ1) is 3.60. The Hall–Kier alpha value is -0.645. The summed E-state index contributed by atoms with van der Waals surface area (Å²) in [5.41, 5.74) is 0. The van der Waals surface area contributed by atoms with Gasteiger partial charge in [0.1, 0.15) is 6.61 Å². The summed E-state index contributed by atoms with van der Waals surface area (Å²) >= 11 is 0. The Balaban J connectivity index is 2.56. The van der Waals surface area contributed by atoms with Crippen LogP contribution in [0.3, 0.4) is 0 Å². The molecule has 1 aliphatic rings. The second-order valence-electron chi connectivity index (χ2n) is 1.34. The van der Waals surface area contributed by atoms with E-state index in [0.29, 0.717) is 0 Å². The number of carbonyl (C=O) groups excluding carboxylic acids is 1. The van der Waals surface area contributed by atoms with Crippen LogP contribution < -0.4 is 0 Å². The molecule has 6 heteroatoms. The Labute approximate surface area is 43.6 Å². The summed E-state index contributed by atoms with van der Waals surface area (Å²) in [6.45, 7) is -0.632. The largest absolute Gasteiger partial charge is 0.665 e. The maximum Gasteiger partial charge on any atom is 0.665 e. The Bertz CT molecular complexity index is 124. The van der Waals surface area contributed by atoms with Crippen molar-refractivity contribution in [2.24, 2.45) is 0 Å². The van der Waals surface area contributed by atoms with Crippen LogP contribution in [0.15, 0.2) is 0 Å². The molecule has 0 amide bonds. The highest BCUT2D eigenvalue weighted by atomic mass is 19.3. The van der Waals surface area contributed by atoms with Gasteiger partial charge in [-0.15, -0.1) is 0 Å². The molecule has 3 nitrogen and oxygen atoms in total. The van der Waals surface area contributed by atoms with Crippen molar-refractivity contribution in [2.45, 2.75) is 0 Å². The van der Waals surface area contributed by atoms with Gasteiger partial charge in [-0.1, -0.05) is 0 Å². The fourth-order valence-corrected chi connectivity index (χ4v) is 0.386. The summed E-state index contributed by atoms with van der Waals surface area (Å²) in [6, 6.07) is 0. The quantitative estimate of drug-likeness (QED) is 0.423. The van der Waals surface area contributed by atoms with E-state index in [9.17, 15) is 13.4 Å². The molecular formula is C2H2BF2O3-. The molecule has 1 saturated heterocycles. The van der Waals surface area contributed by atoms with Crippen molar-refractivity contribution in [3.8, 4) is 0 Å². The predicted octanol–water partition coefficient (Wildman–Crippen LogP) is -0.0656. The van der Waals surface area contributed by atoms with Crippen molar-refractivity contribution < 1.29 is 22.7 Å². The monoisotopic (exact) mass is 123 g/mol.